The molecule has 0 aliphatic heterocycles. The fraction of sp³-hybridized carbons (Fsp3) is 0.333. The van der Waals surface area contributed by atoms with Crippen molar-refractivity contribution in [2.24, 2.45) is 0 Å². The molecule has 0 bridgehead atoms. The summed E-state index contributed by atoms with van der Waals surface area (Å²) >= 11 is 6.51. The third-order valence-electron chi connectivity index (χ3n) is 4.57. The molecule has 1 atom stereocenters. The van der Waals surface area contributed by atoms with Crippen molar-refractivity contribution < 1.29 is 8.78 Å². The van der Waals surface area contributed by atoms with Gasteiger partial charge in [0.1, 0.15) is 0 Å². The smallest absolute Gasteiger partial charge is 0.163 e. The Morgan fingerprint density at radius 1 is 0.810 bits per heavy atom. The zero-order valence-corrected chi connectivity index (χ0v) is 13.7. The van der Waals surface area contributed by atoms with Gasteiger partial charge in [-0.15, -0.1) is 11.6 Å². The zero-order valence-electron chi connectivity index (χ0n) is 12.9. The Balaban J connectivity index is 2.70. The van der Waals surface area contributed by atoms with Crippen molar-refractivity contribution in [2.75, 3.05) is 0 Å². The van der Waals surface area contributed by atoms with Gasteiger partial charge in [-0.2, -0.15) is 0 Å². The van der Waals surface area contributed by atoms with Crippen molar-refractivity contribution in [3.63, 3.8) is 0 Å². The molecule has 2 aromatic rings. The number of benzene rings is 2. The normalized spacial score (nSPS) is 12.6. The summed E-state index contributed by atoms with van der Waals surface area (Å²) in [5, 5.41) is -0.696. The van der Waals surface area contributed by atoms with Gasteiger partial charge in [0.05, 0.1) is 5.38 Å². The summed E-state index contributed by atoms with van der Waals surface area (Å²) in [5.74, 6) is -1.74. The van der Waals surface area contributed by atoms with Gasteiger partial charge in [-0.1, -0.05) is 12.1 Å². The minimum atomic E-state index is -0.868. The molecule has 0 N–H and O–H groups in total. The standard InChI is InChI=1S/C18H19ClF2/c1-9-10(2)12(4)16(13(5)11(9)3)17(19)14-7-6-8-15(20)18(14)21/h6-8,17H,1-5H3. The summed E-state index contributed by atoms with van der Waals surface area (Å²) in [6.45, 7) is 10.1. The lowest BCUT2D eigenvalue weighted by Gasteiger charge is -2.22. The van der Waals surface area contributed by atoms with Gasteiger partial charge in [-0.05, 0) is 74.1 Å². The molecular formula is C18H19ClF2. The van der Waals surface area contributed by atoms with Gasteiger partial charge in [0.25, 0.3) is 0 Å². The van der Waals surface area contributed by atoms with Crippen molar-refractivity contribution in [2.45, 2.75) is 40.0 Å². The molecule has 0 saturated carbocycles. The van der Waals surface area contributed by atoms with Crippen LogP contribution in [-0.2, 0) is 0 Å². The number of hydrogen-bond donors (Lipinski definition) is 0. The Bertz CT molecular complexity index is 676. The summed E-state index contributed by atoms with van der Waals surface area (Å²) in [5.41, 5.74) is 6.66. The van der Waals surface area contributed by atoms with E-state index in [2.05, 4.69) is 6.92 Å². The van der Waals surface area contributed by atoms with Crippen LogP contribution >= 0.6 is 11.6 Å². The van der Waals surface area contributed by atoms with E-state index < -0.39 is 17.0 Å². The highest BCUT2D eigenvalue weighted by Gasteiger charge is 2.23. The van der Waals surface area contributed by atoms with E-state index in [9.17, 15) is 8.78 Å². The van der Waals surface area contributed by atoms with Crippen molar-refractivity contribution in [3.8, 4) is 0 Å². The SMILES string of the molecule is Cc1c(C)c(C)c(C(Cl)c2cccc(F)c2F)c(C)c1C. The molecular weight excluding hydrogens is 290 g/mol. The van der Waals surface area contributed by atoms with Crippen molar-refractivity contribution in [1.29, 1.82) is 0 Å². The lowest BCUT2D eigenvalue weighted by molar-refractivity contribution is 0.500. The van der Waals surface area contributed by atoms with Gasteiger partial charge in [-0.3, -0.25) is 0 Å². The Kier molecular flexibility index (Phi) is 4.38. The molecule has 0 aliphatic rings. The van der Waals surface area contributed by atoms with Crippen LogP contribution in [0.25, 0.3) is 0 Å². The van der Waals surface area contributed by atoms with Crippen LogP contribution in [-0.4, -0.2) is 0 Å². The third kappa shape index (κ3) is 2.57. The Hall–Kier alpha value is -1.41. The molecule has 0 radical (unpaired) electrons. The summed E-state index contributed by atoms with van der Waals surface area (Å²) in [6.07, 6.45) is 0. The van der Waals surface area contributed by atoms with Crippen LogP contribution in [0.5, 0.6) is 0 Å². The van der Waals surface area contributed by atoms with Gasteiger partial charge in [-0.25, -0.2) is 8.78 Å². The third-order valence-corrected chi connectivity index (χ3v) is 5.02. The van der Waals surface area contributed by atoms with E-state index >= 15 is 0 Å². The molecule has 0 nitrogen and oxygen atoms in total. The maximum absolute atomic E-state index is 14.0. The molecule has 0 heterocycles. The first kappa shape index (κ1) is 16.0. The number of halogens is 3. The maximum Gasteiger partial charge on any atom is 0.163 e. The van der Waals surface area contributed by atoms with E-state index in [4.69, 9.17) is 11.6 Å². The largest absolute Gasteiger partial charge is 0.204 e. The van der Waals surface area contributed by atoms with Gasteiger partial charge >= 0.3 is 0 Å². The fourth-order valence-electron chi connectivity index (χ4n) is 2.78. The molecule has 3 heteroatoms. The monoisotopic (exact) mass is 308 g/mol. The molecule has 0 aromatic heterocycles. The minimum absolute atomic E-state index is 0.186. The second-order valence-electron chi connectivity index (χ2n) is 5.54. The lowest BCUT2D eigenvalue weighted by atomic mass is 9.86. The van der Waals surface area contributed by atoms with Gasteiger partial charge in [0, 0.05) is 5.56 Å². The highest BCUT2D eigenvalue weighted by Crippen LogP contribution is 2.38. The second kappa shape index (κ2) is 5.76. The van der Waals surface area contributed by atoms with Crippen LogP contribution in [0.1, 0.15) is 44.3 Å². The number of alkyl halides is 1. The highest BCUT2D eigenvalue weighted by molar-refractivity contribution is 6.22. The Morgan fingerprint density at radius 3 is 1.81 bits per heavy atom. The summed E-state index contributed by atoms with van der Waals surface area (Å²) in [4.78, 5) is 0. The molecule has 2 rings (SSSR count). The first-order valence-corrected chi connectivity index (χ1v) is 7.35. The summed E-state index contributed by atoms with van der Waals surface area (Å²) in [7, 11) is 0. The lowest BCUT2D eigenvalue weighted by Crippen LogP contribution is -2.08. The van der Waals surface area contributed by atoms with E-state index in [0.29, 0.717) is 0 Å². The quantitative estimate of drug-likeness (QED) is 0.612. The molecule has 112 valence electrons. The predicted octanol–water partition coefficient (Wildman–Crippen LogP) is 5.84. The molecule has 2 aromatic carbocycles. The molecule has 0 fully saturated rings. The summed E-state index contributed by atoms with van der Waals surface area (Å²) in [6, 6.07) is 4.13. The molecule has 0 spiro atoms. The van der Waals surface area contributed by atoms with Gasteiger partial charge < -0.3 is 0 Å². The van der Waals surface area contributed by atoms with Crippen LogP contribution in [0.2, 0.25) is 0 Å². The number of hydrogen-bond acceptors (Lipinski definition) is 0. The topological polar surface area (TPSA) is 0 Å². The van der Waals surface area contributed by atoms with Crippen LogP contribution in [0.15, 0.2) is 18.2 Å². The second-order valence-corrected chi connectivity index (χ2v) is 5.98. The number of rotatable bonds is 2. The Morgan fingerprint density at radius 2 is 1.29 bits per heavy atom. The van der Waals surface area contributed by atoms with Crippen molar-refractivity contribution in [1.82, 2.24) is 0 Å². The average molecular weight is 309 g/mol. The first-order valence-electron chi connectivity index (χ1n) is 6.92. The van der Waals surface area contributed by atoms with Crippen LogP contribution in [0.4, 0.5) is 8.78 Å². The maximum atomic E-state index is 14.0. The van der Waals surface area contributed by atoms with Crippen molar-refractivity contribution >= 4 is 11.6 Å². The molecule has 1 unspecified atom stereocenters. The predicted molar refractivity (Wildman–Crippen MR) is 84.2 cm³/mol. The van der Waals surface area contributed by atoms with Gasteiger partial charge in [0.15, 0.2) is 11.6 Å². The van der Waals surface area contributed by atoms with Crippen LogP contribution in [0, 0.1) is 46.3 Å². The van der Waals surface area contributed by atoms with Crippen LogP contribution in [0.3, 0.4) is 0 Å². The van der Waals surface area contributed by atoms with E-state index in [0.717, 1.165) is 33.9 Å². The van der Waals surface area contributed by atoms with E-state index in [1.54, 1.807) is 6.07 Å². The molecule has 0 amide bonds. The molecule has 0 saturated heterocycles. The first-order chi connectivity index (χ1) is 9.77. The highest BCUT2D eigenvalue weighted by atomic mass is 35.5. The minimum Gasteiger partial charge on any atom is -0.204 e. The summed E-state index contributed by atoms with van der Waals surface area (Å²) < 4.78 is 27.5. The van der Waals surface area contributed by atoms with E-state index in [-0.39, 0.29) is 5.56 Å². The average Bonchev–Trinajstić information content (AvgIpc) is 2.46. The fourth-order valence-corrected chi connectivity index (χ4v) is 3.28. The zero-order chi connectivity index (χ0) is 15.9. The molecule has 0 aliphatic carbocycles. The van der Waals surface area contributed by atoms with Crippen LogP contribution < -0.4 is 0 Å². The Labute approximate surface area is 129 Å². The van der Waals surface area contributed by atoms with Crippen molar-refractivity contribution in [3.05, 3.63) is 68.8 Å². The van der Waals surface area contributed by atoms with E-state index in [1.165, 1.54) is 11.6 Å². The molecule has 21 heavy (non-hydrogen) atoms. The van der Waals surface area contributed by atoms with E-state index in [1.807, 2.05) is 27.7 Å². The van der Waals surface area contributed by atoms with Gasteiger partial charge in [0.2, 0.25) is 0 Å².